The van der Waals surface area contributed by atoms with E-state index in [0.717, 1.165) is 0 Å². The van der Waals surface area contributed by atoms with Crippen LogP contribution in [-0.2, 0) is 5.41 Å². The summed E-state index contributed by atoms with van der Waals surface area (Å²) in [5.74, 6) is 6.48. The third kappa shape index (κ3) is 2.61. The highest BCUT2D eigenvalue weighted by Crippen LogP contribution is 2.56. The molecule has 0 aliphatic heterocycles. The molecule has 0 radical (unpaired) electrons. The van der Waals surface area contributed by atoms with Crippen LogP contribution in [0.1, 0.15) is 55.3 Å². The smallest absolute Gasteiger partial charge is 0.0556 e. The third-order valence-electron chi connectivity index (χ3n) is 4.79. The highest BCUT2D eigenvalue weighted by molar-refractivity contribution is 5.39. The number of benzene rings is 2. The molecule has 0 heterocycles. The molecule has 3 N–H and O–H groups in total. The van der Waals surface area contributed by atoms with Crippen molar-refractivity contribution in [2.24, 2.45) is 5.84 Å². The molecule has 2 aromatic carbocycles. The van der Waals surface area contributed by atoms with Crippen molar-refractivity contribution in [2.45, 2.75) is 44.1 Å². The number of nitrogens with one attached hydrogen (secondary N) is 1. The van der Waals surface area contributed by atoms with Crippen LogP contribution in [0.2, 0.25) is 0 Å². The number of hydrogen-bond donors (Lipinski definition) is 2. The van der Waals surface area contributed by atoms with Crippen LogP contribution in [0.15, 0.2) is 54.6 Å². The first kappa shape index (κ1) is 14.3. The zero-order chi connectivity index (χ0) is 14.9. The summed E-state index contributed by atoms with van der Waals surface area (Å²) in [6, 6.07) is 19.8. The van der Waals surface area contributed by atoms with Gasteiger partial charge in [-0.3, -0.25) is 11.3 Å². The molecule has 2 nitrogen and oxygen atoms in total. The molecule has 1 aliphatic rings. The van der Waals surface area contributed by atoms with Crippen LogP contribution < -0.4 is 11.3 Å². The van der Waals surface area contributed by atoms with Gasteiger partial charge in [-0.1, -0.05) is 68.4 Å². The number of nitrogens with two attached hydrogens (primary N) is 1. The second-order valence-electron chi connectivity index (χ2n) is 6.44. The van der Waals surface area contributed by atoms with Gasteiger partial charge in [-0.15, -0.1) is 0 Å². The van der Waals surface area contributed by atoms with Gasteiger partial charge in [0.05, 0.1) is 6.04 Å². The molecular formula is C19H24N2. The molecule has 1 atom stereocenters. The maximum Gasteiger partial charge on any atom is 0.0556 e. The Balaban J connectivity index is 1.92. The van der Waals surface area contributed by atoms with Gasteiger partial charge in [0.1, 0.15) is 0 Å². The first-order valence-electron chi connectivity index (χ1n) is 7.79. The van der Waals surface area contributed by atoms with Crippen molar-refractivity contribution >= 4 is 0 Å². The van der Waals surface area contributed by atoms with Gasteiger partial charge in [0.15, 0.2) is 0 Å². The van der Waals surface area contributed by atoms with Gasteiger partial charge in [-0.05, 0) is 35.4 Å². The summed E-state index contributed by atoms with van der Waals surface area (Å²) in [5, 5.41) is 0. The summed E-state index contributed by atoms with van der Waals surface area (Å²) in [5.41, 5.74) is 7.28. The molecule has 110 valence electrons. The second kappa shape index (κ2) is 5.63. The van der Waals surface area contributed by atoms with Crippen molar-refractivity contribution in [1.29, 1.82) is 0 Å². The van der Waals surface area contributed by atoms with Crippen molar-refractivity contribution in [3.05, 3.63) is 71.3 Å². The minimum absolute atomic E-state index is 0.162. The SMILES string of the molecule is CC(C)c1ccc(C(NN)C2(c3ccccc3)CC2)cc1. The van der Waals surface area contributed by atoms with E-state index >= 15 is 0 Å². The van der Waals surface area contributed by atoms with Crippen LogP contribution in [0.5, 0.6) is 0 Å². The molecule has 0 spiro atoms. The molecule has 1 aliphatic carbocycles. The van der Waals surface area contributed by atoms with Crippen LogP contribution in [0.3, 0.4) is 0 Å². The lowest BCUT2D eigenvalue weighted by Crippen LogP contribution is -2.36. The van der Waals surface area contributed by atoms with Crippen molar-refractivity contribution in [3.8, 4) is 0 Å². The fourth-order valence-electron chi connectivity index (χ4n) is 3.30. The molecule has 1 saturated carbocycles. The largest absolute Gasteiger partial charge is 0.271 e. The van der Waals surface area contributed by atoms with Gasteiger partial charge in [0, 0.05) is 5.41 Å². The lowest BCUT2D eigenvalue weighted by atomic mass is 9.83. The first-order valence-corrected chi connectivity index (χ1v) is 7.79. The molecule has 0 amide bonds. The average Bonchev–Trinajstić information content (AvgIpc) is 3.31. The fourth-order valence-corrected chi connectivity index (χ4v) is 3.30. The van der Waals surface area contributed by atoms with Crippen molar-refractivity contribution in [1.82, 2.24) is 5.43 Å². The number of hydrazine groups is 1. The van der Waals surface area contributed by atoms with Crippen molar-refractivity contribution in [3.63, 3.8) is 0 Å². The van der Waals surface area contributed by atoms with Crippen molar-refractivity contribution in [2.75, 3.05) is 0 Å². The van der Waals surface area contributed by atoms with E-state index in [-0.39, 0.29) is 11.5 Å². The molecule has 21 heavy (non-hydrogen) atoms. The zero-order valence-electron chi connectivity index (χ0n) is 12.8. The van der Waals surface area contributed by atoms with Gasteiger partial charge in [-0.2, -0.15) is 0 Å². The maximum atomic E-state index is 5.92. The highest BCUT2D eigenvalue weighted by Gasteiger charge is 2.50. The van der Waals surface area contributed by atoms with E-state index in [4.69, 9.17) is 5.84 Å². The lowest BCUT2D eigenvalue weighted by Gasteiger charge is -2.27. The van der Waals surface area contributed by atoms with Crippen LogP contribution >= 0.6 is 0 Å². The van der Waals surface area contributed by atoms with E-state index in [1.54, 1.807) is 0 Å². The van der Waals surface area contributed by atoms with E-state index in [1.165, 1.54) is 29.5 Å². The molecule has 1 fully saturated rings. The van der Waals surface area contributed by atoms with Crippen LogP contribution in [-0.4, -0.2) is 0 Å². The van der Waals surface area contributed by atoms with Gasteiger partial charge in [0.25, 0.3) is 0 Å². The van der Waals surface area contributed by atoms with E-state index in [2.05, 4.69) is 73.9 Å². The Morgan fingerprint density at radius 3 is 1.95 bits per heavy atom. The van der Waals surface area contributed by atoms with Gasteiger partial charge >= 0.3 is 0 Å². The van der Waals surface area contributed by atoms with Crippen LogP contribution in [0, 0.1) is 0 Å². The Kier molecular flexibility index (Phi) is 3.83. The molecule has 0 saturated heterocycles. The van der Waals surface area contributed by atoms with E-state index in [9.17, 15) is 0 Å². The molecule has 2 aromatic rings. The molecule has 2 heteroatoms. The number of rotatable bonds is 5. The Bertz CT molecular complexity index is 583. The monoisotopic (exact) mass is 280 g/mol. The Morgan fingerprint density at radius 2 is 1.48 bits per heavy atom. The average molecular weight is 280 g/mol. The Morgan fingerprint density at radius 1 is 0.905 bits per heavy atom. The molecule has 3 rings (SSSR count). The summed E-state index contributed by atoms with van der Waals surface area (Å²) in [6.45, 7) is 4.44. The normalized spacial score (nSPS) is 17.7. The first-order chi connectivity index (χ1) is 10.2. The quantitative estimate of drug-likeness (QED) is 0.640. The minimum Gasteiger partial charge on any atom is -0.271 e. The van der Waals surface area contributed by atoms with Gasteiger partial charge < -0.3 is 0 Å². The Hall–Kier alpha value is -1.64. The molecule has 0 bridgehead atoms. The van der Waals surface area contributed by atoms with Gasteiger partial charge in [0.2, 0.25) is 0 Å². The summed E-state index contributed by atoms with van der Waals surface area (Å²) in [6.07, 6.45) is 2.38. The van der Waals surface area contributed by atoms with Crippen LogP contribution in [0.4, 0.5) is 0 Å². The lowest BCUT2D eigenvalue weighted by molar-refractivity contribution is 0.439. The highest BCUT2D eigenvalue weighted by atomic mass is 15.2. The minimum atomic E-state index is 0.162. The Labute approximate surface area is 127 Å². The second-order valence-corrected chi connectivity index (χ2v) is 6.44. The zero-order valence-corrected chi connectivity index (χ0v) is 12.8. The molecule has 1 unspecified atom stereocenters. The summed E-state index contributed by atoms with van der Waals surface area (Å²) in [7, 11) is 0. The topological polar surface area (TPSA) is 38.0 Å². The summed E-state index contributed by atoms with van der Waals surface area (Å²) >= 11 is 0. The van der Waals surface area contributed by atoms with E-state index in [0.29, 0.717) is 5.92 Å². The predicted octanol–water partition coefficient (Wildman–Crippen LogP) is 4.05. The number of hydrogen-bond acceptors (Lipinski definition) is 2. The predicted molar refractivity (Wildman–Crippen MR) is 87.9 cm³/mol. The summed E-state index contributed by atoms with van der Waals surface area (Å²) in [4.78, 5) is 0. The fraction of sp³-hybridized carbons (Fsp3) is 0.368. The standard InChI is InChI=1S/C19H24N2/c1-14(2)15-8-10-16(11-9-15)18(21-20)19(12-13-19)17-6-4-3-5-7-17/h3-11,14,18,21H,12-13,20H2,1-2H3. The van der Waals surface area contributed by atoms with Gasteiger partial charge in [-0.25, -0.2) is 0 Å². The van der Waals surface area contributed by atoms with Crippen molar-refractivity contribution < 1.29 is 0 Å². The molecular weight excluding hydrogens is 256 g/mol. The third-order valence-corrected chi connectivity index (χ3v) is 4.79. The maximum absolute atomic E-state index is 5.92. The summed E-state index contributed by atoms with van der Waals surface area (Å²) < 4.78 is 0. The van der Waals surface area contributed by atoms with E-state index < -0.39 is 0 Å². The van der Waals surface area contributed by atoms with E-state index in [1.807, 2.05) is 0 Å². The van der Waals surface area contributed by atoms with Crippen LogP contribution in [0.25, 0.3) is 0 Å². The molecule has 0 aromatic heterocycles.